The first kappa shape index (κ1) is 13.6. The number of ether oxygens (including phenoxy) is 1. The van der Waals surface area contributed by atoms with Crippen molar-refractivity contribution in [1.29, 1.82) is 0 Å². The molecule has 0 saturated heterocycles. The van der Waals surface area contributed by atoms with Crippen LogP contribution in [0.25, 0.3) is 0 Å². The maximum Gasteiger partial charge on any atom is 0.170 e. The van der Waals surface area contributed by atoms with Gasteiger partial charge < -0.3 is 14.3 Å². The molecule has 0 bridgehead atoms. The number of methoxy groups -OCH3 is 1. The molecule has 20 heavy (non-hydrogen) atoms. The molecule has 3 rings (SSSR count). The van der Waals surface area contributed by atoms with Crippen LogP contribution in [0.5, 0.6) is 0 Å². The largest absolute Gasteiger partial charge is 0.468 e. The zero-order valence-electron chi connectivity index (χ0n) is 12.1. The molecule has 5 atom stereocenters. The number of aliphatic hydroxyl groups excluding tert-OH is 1. The minimum atomic E-state index is -0.680. The van der Waals surface area contributed by atoms with E-state index in [9.17, 15) is 9.90 Å². The average Bonchev–Trinajstić information content (AvgIpc) is 2.83. The number of furan rings is 1. The molecule has 1 saturated carbocycles. The highest BCUT2D eigenvalue weighted by Gasteiger charge is 2.54. The molecule has 108 valence electrons. The van der Waals surface area contributed by atoms with Gasteiger partial charge in [-0.05, 0) is 18.4 Å². The summed E-state index contributed by atoms with van der Waals surface area (Å²) in [5.74, 6) is 0.176. The smallest absolute Gasteiger partial charge is 0.170 e. The quantitative estimate of drug-likeness (QED) is 0.798. The maximum absolute atomic E-state index is 12.9. The lowest BCUT2D eigenvalue weighted by Gasteiger charge is -2.21. The van der Waals surface area contributed by atoms with E-state index in [-0.39, 0.29) is 29.6 Å². The standard InChI is InChI=1S/C16H20O4/c1-7-5-10-11(8(2)6-20-10)14(17)13-9(3)16(19-4)15(18)12(7)13/h6,9,12-13,15-16,18H,1,5H2,2-4H3/t9-,12-,13-,15+,16+/m1/s1. The van der Waals surface area contributed by atoms with Crippen molar-refractivity contribution in [3.8, 4) is 0 Å². The fourth-order valence-corrected chi connectivity index (χ4v) is 3.96. The zero-order valence-corrected chi connectivity index (χ0v) is 12.1. The Labute approximate surface area is 118 Å². The fourth-order valence-electron chi connectivity index (χ4n) is 3.96. The van der Waals surface area contributed by atoms with Gasteiger partial charge in [0.05, 0.1) is 24.0 Å². The molecule has 1 heterocycles. The second kappa shape index (κ2) is 4.57. The third-order valence-corrected chi connectivity index (χ3v) is 4.91. The van der Waals surface area contributed by atoms with E-state index in [1.165, 1.54) is 0 Å². The van der Waals surface area contributed by atoms with E-state index in [2.05, 4.69) is 6.58 Å². The molecule has 1 aromatic rings. The number of aryl methyl sites for hydroxylation is 1. The summed E-state index contributed by atoms with van der Waals surface area (Å²) in [5.41, 5.74) is 2.39. The van der Waals surface area contributed by atoms with Gasteiger partial charge in [0, 0.05) is 25.4 Å². The van der Waals surface area contributed by atoms with Crippen molar-refractivity contribution in [1.82, 2.24) is 0 Å². The molecular formula is C16H20O4. The number of Topliss-reactive ketones (excluding diaryl/α,β-unsaturated/α-hetero) is 1. The minimum Gasteiger partial charge on any atom is -0.468 e. The zero-order chi connectivity index (χ0) is 14.6. The van der Waals surface area contributed by atoms with Gasteiger partial charge in [-0.1, -0.05) is 19.1 Å². The van der Waals surface area contributed by atoms with E-state index >= 15 is 0 Å². The van der Waals surface area contributed by atoms with Crippen LogP contribution < -0.4 is 0 Å². The second-order valence-corrected chi connectivity index (χ2v) is 6.02. The van der Waals surface area contributed by atoms with E-state index in [1.54, 1.807) is 13.4 Å². The van der Waals surface area contributed by atoms with Crippen LogP contribution in [-0.4, -0.2) is 30.2 Å². The SMILES string of the molecule is C=C1Cc2occ(C)c2C(=O)[C@@H]2[C@@H](C)[C@H](OC)[C@@H](O)[C@H]12. The minimum absolute atomic E-state index is 0.0375. The van der Waals surface area contributed by atoms with Crippen LogP contribution >= 0.6 is 0 Å². The van der Waals surface area contributed by atoms with Crippen molar-refractivity contribution < 1.29 is 19.1 Å². The summed E-state index contributed by atoms with van der Waals surface area (Å²) in [6, 6.07) is 0. The summed E-state index contributed by atoms with van der Waals surface area (Å²) in [6.45, 7) is 7.93. The summed E-state index contributed by atoms with van der Waals surface area (Å²) < 4.78 is 10.9. The van der Waals surface area contributed by atoms with Crippen LogP contribution in [0.2, 0.25) is 0 Å². The van der Waals surface area contributed by atoms with E-state index < -0.39 is 6.10 Å². The van der Waals surface area contributed by atoms with Crippen LogP contribution in [0.15, 0.2) is 22.8 Å². The highest BCUT2D eigenvalue weighted by Crippen LogP contribution is 2.47. The molecule has 1 N–H and O–H groups in total. The molecular weight excluding hydrogens is 256 g/mol. The lowest BCUT2D eigenvalue weighted by atomic mass is 9.82. The maximum atomic E-state index is 12.9. The van der Waals surface area contributed by atoms with Crippen molar-refractivity contribution in [2.45, 2.75) is 32.5 Å². The highest BCUT2D eigenvalue weighted by atomic mass is 16.5. The predicted octanol–water partition coefficient (Wildman–Crippen LogP) is 2.14. The predicted molar refractivity (Wildman–Crippen MR) is 73.6 cm³/mol. The van der Waals surface area contributed by atoms with E-state index in [1.807, 2.05) is 13.8 Å². The van der Waals surface area contributed by atoms with Gasteiger partial charge in [-0.15, -0.1) is 0 Å². The third-order valence-electron chi connectivity index (χ3n) is 4.91. The van der Waals surface area contributed by atoms with Gasteiger partial charge in [-0.3, -0.25) is 4.79 Å². The number of hydrogen-bond acceptors (Lipinski definition) is 4. The van der Waals surface area contributed by atoms with Crippen molar-refractivity contribution in [2.24, 2.45) is 17.8 Å². The van der Waals surface area contributed by atoms with Gasteiger partial charge in [-0.2, -0.15) is 0 Å². The Balaban J connectivity index is 2.11. The Morgan fingerprint density at radius 1 is 1.45 bits per heavy atom. The molecule has 0 spiro atoms. The molecule has 2 aliphatic rings. The third kappa shape index (κ3) is 1.64. The summed E-state index contributed by atoms with van der Waals surface area (Å²) in [5, 5.41) is 10.5. The highest BCUT2D eigenvalue weighted by molar-refractivity contribution is 6.01. The molecule has 1 fully saturated rings. The normalized spacial score (nSPS) is 36.7. The van der Waals surface area contributed by atoms with Crippen LogP contribution in [0.1, 0.15) is 28.6 Å². The summed E-state index contributed by atoms with van der Waals surface area (Å²) >= 11 is 0. The summed E-state index contributed by atoms with van der Waals surface area (Å²) in [4.78, 5) is 12.9. The Kier molecular flexibility index (Phi) is 3.10. The average molecular weight is 276 g/mol. The van der Waals surface area contributed by atoms with E-state index in [4.69, 9.17) is 9.15 Å². The number of hydrogen-bond donors (Lipinski definition) is 1. The van der Waals surface area contributed by atoms with E-state index in [0.29, 0.717) is 17.7 Å². The Bertz CT molecular complexity index is 571. The monoisotopic (exact) mass is 276 g/mol. The van der Waals surface area contributed by atoms with Gasteiger partial charge in [0.25, 0.3) is 0 Å². The molecule has 0 amide bonds. The number of carbonyl (C=O) groups is 1. The number of rotatable bonds is 1. The second-order valence-electron chi connectivity index (χ2n) is 6.02. The molecule has 0 aliphatic heterocycles. The molecule has 4 nitrogen and oxygen atoms in total. The lowest BCUT2D eigenvalue weighted by Crippen LogP contribution is -2.30. The molecule has 0 radical (unpaired) electrons. The lowest BCUT2D eigenvalue weighted by molar-refractivity contribution is -0.0187. The Morgan fingerprint density at radius 2 is 2.15 bits per heavy atom. The van der Waals surface area contributed by atoms with Crippen molar-refractivity contribution in [3.63, 3.8) is 0 Å². The number of carbonyl (C=O) groups excluding carboxylic acids is 1. The number of aliphatic hydroxyl groups is 1. The first-order valence-electron chi connectivity index (χ1n) is 6.97. The molecule has 4 heteroatoms. The molecule has 0 aromatic carbocycles. The molecule has 1 aromatic heterocycles. The van der Waals surface area contributed by atoms with E-state index in [0.717, 1.165) is 11.1 Å². The fraction of sp³-hybridized carbons (Fsp3) is 0.562. The van der Waals surface area contributed by atoms with Crippen LogP contribution in [0.4, 0.5) is 0 Å². The molecule has 0 unspecified atom stereocenters. The first-order chi connectivity index (χ1) is 9.47. The topological polar surface area (TPSA) is 59.7 Å². The summed E-state index contributed by atoms with van der Waals surface area (Å²) in [6.07, 6.45) is 1.14. The number of fused-ring (bicyclic) bond motifs is 2. The number of ketones is 1. The van der Waals surface area contributed by atoms with Gasteiger partial charge in [0.1, 0.15) is 5.76 Å². The van der Waals surface area contributed by atoms with Crippen LogP contribution in [0, 0.1) is 24.7 Å². The van der Waals surface area contributed by atoms with Gasteiger partial charge in [0.15, 0.2) is 5.78 Å². The Morgan fingerprint density at radius 3 is 2.80 bits per heavy atom. The Hall–Kier alpha value is -1.39. The van der Waals surface area contributed by atoms with Crippen molar-refractivity contribution in [3.05, 3.63) is 35.3 Å². The van der Waals surface area contributed by atoms with Gasteiger partial charge in [-0.25, -0.2) is 0 Å². The first-order valence-corrected chi connectivity index (χ1v) is 6.97. The van der Waals surface area contributed by atoms with Gasteiger partial charge >= 0.3 is 0 Å². The summed E-state index contributed by atoms with van der Waals surface area (Å²) in [7, 11) is 1.58. The molecule has 2 aliphatic carbocycles. The van der Waals surface area contributed by atoms with Crippen molar-refractivity contribution in [2.75, 3.05) is 7.11 Å². The van der Waals surface area contributed by atoms with Crippen LogP contribution in [-0.2, 0) is 11.2 Å². The van der Waals surface area contributed by atoms with Gasteiger partial charge in [0.2, 0.25) is 0 Å². The van der Waals surface area contributed by atoms with Crippen molar-refractivity contribution >= 4 is 5.78 Å². The van der Waals surface area contributed by atoms with Crippen LogP contribution in [0.3, 0.4) is 0 Å².